The predicted octanol–water partition coefficient (Wildman–Crippen LogP) is -4.77. The van der Waals surface area contributed by atoms with Crippen molar-refractivity contribution in [3.8, 4) is 0 Å². The molecule has 4 rings (SSSR count). The van der Waals surface area contributed by atoms with E-state index in [1.165, 1.54) is 0 Å². The second-order valence-corrected chi connectivity index (χ2v) is 10.9. The maximum absolute atomic E-state index is 10.8. The zero-order chi connectivity index (χ0) is 29.1. The van der Waals surface area contributed by atoms with Crippen LogP contribution in [0, 0.1) is 0 Å². The van der Waals surface area contributed by atoms with E-state index in [0.29, 0.717) is 0 Å². The Morgan fingerprint density at radius 3 is 1.57 bits per heavy atom. The third-order valence-corrected chi connectivity index (χ3v) is 8.23. The van der Waals surface area contributed by atoms with Gasteiger partial charge in [-0.15, -0.1) is 0 Å². The lowest BCUT2D eigenvalue weighted by atomic mass is 9.96. The largest absolute Gasteiger partial charge is 0.394 e. The van der Waals surface area contributed by atoms with E-state index in [9.17, 15) is 51.1 Å². The summed E-state index contributed by atoms with van der Waals surface area (Å²) >= 11 is 1.12. The van der Waals surface area contributed by atoms with Crippen LogP contribution in [0.3, 0.4) is 0 Å². The van der Waals surface area contributed by atoms with Gasteiger partial charge in [0.2, 0.25) is 0 Å². The molecule has 1 aromatic rings. The lowest BCUT2D eigenvalue weighted by Gasteiger charge is -2.48. The molecule has 228 valence electrons. The van der Waals surface area contributed by atoms with Crippen LogP contribution >= 0.6 is 11.8 Å². The Hall–Kier alpha value is -1.03. The molecule has 0 amide bonds. The summed E-state index contributed by atoms with van der Waals surface area (Å²) < 4.78 is 27.8. The van der Waals surface area contributed by atoms with Crippen molar-refractivity contribution >= 4 is 11.8 Å². The second-order valence-electron chi connectivity index (χ2n) is 9.74. The summed E-state index contributed by atoms with van der Waals surface area (Å²) in [4.78, 5) is 0.736. The lowest BCUT2D eigenvalue weighted by Crippen LogP contribution is -2.66. The molecule has 1 aromatic carbocycles. The fourth-order valence-electron chi connectivity index (χ4n) is 4.77. The Kier molecular flexibility index (Phi) is 11.1. The highest BCUT2D eigenvalue weighted by Crippen LogP contribution is 2.36. The summed E-state index contributed by atoms with van der Waals surface area (Å²) in [5.41, 5.74) is -0.973. The molecule has 15 atom stereocenters. The minimum absolute atomic E-state index is 0.641. The molecule has 0 aliphatic carbocycles. The van der Waals surface area contributed by atoms with Gasteiger partial charge in [0.25, 0.3) is 0 Å². The Morgan fingerprint density at radius 1 is 0.550 bits per heavy atom. The number of aliphatic hydroxyl groups excluding tert-OH is 10. The third kappa shape index (κ3) is 6.63. The van der Waals surface area contributed by atoms with Gasteiger partial charge in [0.1, 0.15) is 78.7 Å². The SMILES string of the molecule is OC[C@H]1O[C@H](O[C@H]2[C@H](O)[C@@H](O)[C@@H](O[C@H]3[C@H](O)[C@@H](O)[C@H](Sc4ccccc4)O[C@@H]3CO)O[C@@H]2CO)[C@H](O)[C@@H](O)[C@@H]1O. The Labute approximate surface area is 233 Å². The van der Waals surface area contributed by atoms with E-state index in [4.69, 9.17) is 23.7 Å². The van der Waals surface area contributed by atoms with Crippen molar-refractivity contribution in [1.29, 1.82) is 0 Å². The second kappa shape index (κ2) is 14.0. The molecular formula is C24H36O15S. The van der Waals surface area contributed by atoms with Crippen LogP contribution in [0.25, 0.3) is 0 Å². The van der Waals surface area contributed by atoms with E-state index in [2.05, 4.69) is 0 Å². The third-order valence-electron chi connectivity index (χ3n) is 7.07. The molecule has 0 radical (unpaired) electrons. The fourth-order valence-corrected chi connectivity index (χ4v) is 5.86. The first-order valence-electron chi connectivity index (χ1n) is 12.7. The van der Waals surface area contributed by atoms with Gasteiger partial charge < -0.3 is 74.7 Å². The van der Waals surface area contributed by atoms with Crippen molar-refractivity contribution in [1.82, 2.24) is 0 Å². The number of hydrogen-bond acceptors (Lipinski definition) is 16. The van der Waals surface area contributed by atoms with Crippen LogP contribution in [0.5, 0.6) is 0 Å². The average Bonchev–Trinajstić information content (AvgIpc) is 2.96. The van der Waals surface area contributed by atoms with Crippen LogP contribution in [0.2, 0.25) is 0 Å². The molecule has 15 nitrogen and oxygen atoms in total. The molecule has 10 N–H and O–H groups in total. The molecular weight excluding hydrogens is 560 g/mol. The fraction of sp³-hybridized carbons (Fsp3) is 0.750. The van der Waals surface area contributed by atoms with E-state index < -0.39 is 111 Å². The average molecular weight is 597 g/mol. The van der Waals surface area contributed by atoms with Gasteiger partial charge in [-0.1, -0.05) is 30.0 Å². The number of ether oxygens (including phenoxy) is 5. The minimum Gasteiger partial charge on any atom is -0.394 e. The first-order chi connectivity index (χ1) is 19.1. The monoisotopic (exact) mass is 596 g/mol. The molecule has 3 aliphatic heterocycles. The van der Waals surface area contributed by atoms with E-state index in [1.807, 2.05) is 0 Å². The van der Waals surface area contributed by atoms with Gasteiger partial charge in [-0.3, -0.25) is 0 Å². The van der Waals surface area contributed by atoms with Gasteiger partial charge in [-0.05, 0) is 12.1 Å². The topological polar surface area (TPSA) is 248 Å². The summed E-state index contributed by atoms with van der Waals surface area (Å²) in [5.74, 6) is 0. The number of hydrogen-bond donors (Lipinski definition) is 10. The Balaban J connectivity index is 1.43. The molecule has 0 bridgehead atoms. The Morgan fingerprint density at radius 2 is 1.02 bits per heavy atom. The normalized spacial score (nSPS) is 46.3. The molecule has 16 heteroatoms. The quantitative estimate of drug-likeness (QED) is 0.128. The van der Waals surface area contributed by atoms with Crippen LogP contribution in [-0.4, -0.2) is 162 Å². The van der Waals surface area contributed by atoms with E-state index in [1.54, 1.807) is 30.3 Å². The molecule has 0 spiro atoms. The number of thioether (sulfide) groups is 1. The molecule has 3 heterocycles. The van der Waals surface area contributed by atoms with Crippen LogP contribution in [-0.2, 0) is 23.7 Å². The summed E-state index contributed by atoms with van der Waals surface area (Å²) in [7, 11) is 0. The predicted molar refractivity (Wildman–Crippen MR) is 131 cm³/mol. The molecule has 3 aliphatic rings. The zero-order valence-electron chi connectivity index (χ0n) is 21.1. The summed E-state index contributed by atoms with van der Waals surface area (Å²) in [6.45, 7) is -2.17. The number of rotatable bonds is 9. The summed E-state index contributed by atoms with van der Waals surface area (Å²) in [5, 5.41) is 102. The minimum atomic E-state index is -1.88. The zero-order valence-corrected chi connectivity index (χ0v) is 21.9. The van der Waals surface area contributed by atoms with Crippen molar-refractivity contribution in [3.63, 3.8) is 0 Å². The van der Waals surface area contributed by atoms with E-state index >= 15 is 0 Å². The van der Waals surface area contributed by atoms with Crippen LogP contribution in [0.1, 0.15) is 0 Å². The van der Waals surface area contributed by atoms with E-state index in [0.717, 1.165) is 16.7 Å². The highest BCUT2D eigenvalue weighted by atomic mass is 32.2. The van der Waals surface area contributed by atoms with Gasteiger partial charge in [0.15, 0.2) is 12.6 Å². The summed E-state index contributed by atoms with van der Waals surface area (Å²) in [6, 6.07) is 8.91. The Bertz CT molecular complexity index is 910. The maximum Gasteiger partial charge on any atom is 0.187 e. The number of aliphatic hydroxyl groups is 10. The lowest BCUT2D eigenvalue weighted by molar-refractivity contribution is -0.371. The molecule has 0 unspecified atom stereocenters. The molecule has 0 aromatic heterocycles. The van der Waals surface area contributed by atoms with Crippen molar-refractivity contribution < 1.29 is 74.7 Å². The van der Waals surface area contributed by atoms with Gasteiger partial charge in [-0.25, -0.2) is 0 Å². The highest BCUT2D eigenvalue weighted by molar-refractivity contribution is 7.99. The summed E-state index contributed by atoms with van der Waals surface area (Å²) in [6.07, 6.45) is -22.4. The van der Waals surface area contributed by atoms with Crippen LogP contribution < -0.4 is 0 Å². The van der Waals surface area contributed by atoms with Crippen molar-refractivity contribution in [2.24, 2.45) is 0 Å². The van der Waals surface area contributed by atoms with Crippen molar-refractivity contribution in [3.05, 3.63) is 30.3 Å². The van der Waals surface area contributed by atoms with E-state index in [-0.39, 0.29) is 0 Å². The first-order valence-corrected chi connectivity index (χ1v) is 13.6. The van der Waals surface area contributed by atoms with Gasteiger partial charge in [0, 0.05) is 4.90 Å². The molecule has 3 fully saturated rings. The molecule has 0 saturated carbocycles. The van der Waals surface area contributed by atoms with Gasteiger partial charge in [0.05, 0.1) is 19.8 Å². The van der Waals surface area contributed by atoms with Crippen molar-refractivity contribution in [2.45, 2.75) is 96.2 Å². The van der Waals surface area contributed by atoms with Gasteiger partial charge >= 0.3 is 0 Å². The van der Waals surface area contributed by atoms with Crippen LogP contribution in [0.4, 0.5) is 0 Å². The molecule has 40 heavy (non-hydrogen) atoms. The van der Waals surface area contributed by atoms with Crippen molar-refractivity contribution in [2.75, 3.05) is 19.8 Å². The smallest absolute Gasteiger partial charge is 0.187 e. The first kappa shape index (κ1) is 31.9. The standard InChI is InChI=1S/C24H36O15S/c25-6-10-13(28)14(29)17(32)22(35-10)38-20-11(7-26)36-23(18(33)15(20)30)39-21-12(8-27)37-24(19(34)16(21)31)40-9-4-2-1-3-5-9/h1-5,10-34H,6-8H2/t10-,11-,12-,13-,14+,15-,16-,17-,18-,19-,20-,21-,22-,23-,24+/m1/s1. The molecule has 3 saturated heterocycles. The highest BCUT2D eigenvalue weighted by Gasteiger charge is 2.53. The maximum atomic E-state index is 10.8. The van der Waals surface area contributed by atoms with Gasteiger partial charge in [-0.2, -0.15) is 0 Å². The number of benzene rings is 1. The van der Waals surface area contributed by atoms with Crippen LogP contribution in [0.15, 0.2) is 35.2 Å².